The van der Waals surface area contributed by atoms with Crippen LogP contribution >= 0.6 is 11.8 Å². The number of hydrogen-bond acceptors (Lipinski definition) is 4. The highest BCUT2D eigenvalue weighted by Gasteiger charge is 2.31. The molecule has 1 heterocycles. The Morgan fingerprint density at radius 1 is 1.08 bits per heavy atom. The summed E-state index contributed by atoms with van der Waals surface area (Å²) in [5.41, 5.74) is 2.90. The van der Waals surface area contributed by atoms with Crippen molar-refractivity contribution in [1.82, 2.24) is 4.90 Å². The van der Waals surface area contributed by atoms with E-state index in [0.29, 0.717) is 0 Å². The van der Waals surface area contributed by atoms with Gasteiger partial charge in [0.15, 0.2) is 0 Å². The van der Waals surface area contributed by atoms with Crippen LogP contribution in [-0.4, -0.2) is 37.3 Å². The first-order chi connectivity index (χ1) is 11.6. The number of hydrogen-bond donors (Lipinski definition) is 0. The normalized spacial score (nSPS) is 17.0. The van der Waals surface area contributed by atoms with E-state index in [1.54, 1.807) is 26.0 Å². The van der Waals surface area contributed by atoms with Gasteiger partial charge >= 0.3 is 0 Å². The standard InChI is InChI=1S/C19H21NO3S/c1-13-4-6-14(7-5-13)18(21)20-8-9-24-19(20)15-10-16(22-2)12-17(11-15)23-3/h4-7,10-12,19H,8-9H2,1-3H3. The number of carbonyl (C=O) groups is 1. The Bertz CT molecular complexity index is 708. The van der Waals surface area contributed by atoms with Gasteiger partial charge in [0, 0.05) is 23.9 Å². The fourth-order valence-corrected chi connectivity index (χ4v) is 4.02. The number of nitrogens with zero attached hydrogens (tertiary/aromatic N) is 1. The molecule has 0 spiro atoms. The summed E-state index contributed by atoms with van der Waals surface area (Å²) >= 11 is 1.76. The van der Waals surface area contributed by atoms with Crippen molar-refractivity contribution in [3.8, 4) is 11.5 Å². The van der Waals surface area contributed by atoms with Gasteiger partial charge in [-0.05, 0) is 36.8 Å². The Balaban J connectivity index is 1.90. The summed E-state index contributed by atoms with van der Waals surface area (Å²) in [5.74, 6) is 2.45. The maximum absolute atomic E-state index is 12.9. The summed E-state index contributed by atoms with van der Waals surface area (Å²) in [7, 11) is 3.27. The van der Waals surface area contributed by atoms with E-state index in [0.717, 1.165) is 40.5 Å². The number of amides is 1. The van der Waals surface area contributed by atoms with Crippen molar-refractivity contribution in [2.45, 2.75) is 12.3 Å². The molecule has 4 nitrogen and oxygen atoms in total. The molecule has 2 aromatic rings. The van der Waals surface area contributed by atoms with Crippen LogP contribution in [0.15, 0.2) is 42.5 Å². The molecular weight excluding hydrogens is 322 g/mol. The fourth-order valence-electron chi connectivity index (χ4n) is 2.79. The summed E-state index contributed by atoms with van der Waals surface area (Å²) in [6.07, 6.45) is 0. The average Bonchev–Trinajstić information content (AvgIpc) is 3.11. The van der Waals surface area contributed by atoms with E-state index < -0.39 is 0 Å². The van der Waals surface area contributed by atoms with E-state index in [9.17, 15) is 4.79 Å². The second-order valence-corrected chi connectivity index (χ2v) is 6.92. The van der Waals surface area contributed by atoms with Crippen LogP contribution in [0.3, 0.4) is 0 Å². The molecule has 126 valence electrons. The van der Waals surface area contributed by atoms with Crippen LogP contribution in [0.4, 0.5) is 0 Å². The molecule has 0 saturated carbocycles. The molecular formula is C19H21NO3S. The summed E-state index contributed by atoms with van der Waals surface area (Å²) in [6.45, 7) is 2.76. The van der Waals surface area contributed by atoms with Crippen LogP contribution in [0.1, 0.15) is 26.9 Å². The van der Waals surface area contributed by atoms with E-state index in [-0.39, 0.29) is 11.3 Å². The first-order valence-electron chi connectivity index (χ1n) is 7.84. The van der Waals surface area contributed by atoms with Gasteiger partial charge in [0.1, 0.15) is 16.9 Å². The quantitative estimate of drug-likeness (QED) is 0.844. The third-order valence-electron chi connectivity index (χ3n) is 4.11. The van der Waals surface area contributed by atoms with Crippen molar-refractivity contribution < 1.29 is 14.3 Å². The van der Waals surface area contributed by atoms with Gasteiger partial charge in [-0.25, -0.2) is 0 Å². The monoisotopic (exact) mass is 343 g/mol. The topological polar surface area (TPSA) is 38.8 Å². The number of aryl methyl sites for hydroxylation is 1. The lowest BCUT2D eigenvalue weighted by Crippen LogP contribution is -2.30. The molecule has 0 N–H and O–H groups in total. The highest BCUT2D eigenvalue weighted by atomic mass is 32.2. The maximum Gasteiger partial charge on any atom is 0.255 e. The Kier molecular flexibility index (Phi) is 5.00. The first kappa shape index (κ1) is 16.7. The van der Waals surface area contributed by atoms with Crippen LogP contribution in [0.5, 0.6) is 11.5 Å². The number of benzene rings is 2. The number of rotatable bonds is 4. The second kappa shape index (κ2) is 7.18. The van der Waals surface area contributed by atoms with Crippen molar-refractivity contribution in [3.63, 3.8) is 0 Å². The van der Waals surface area contributed by atoms with E-state index >= 15 is 0 Å². The van der Waals surface area contributed by atoms with Gasteiger partial charge in [0.05, 0.1) is 14.2 Å². The summed E-state index contributed by atoms with van der Waals surface area (Å²) in [4.78, 5) is 14.8. The lowest BCUT2D eigenvalue weighted by atomic mass is 10.1. The molecule has 1 aliphatic rings. The lowest BCUT2D eigenvalue weighted by molar-refractivity contribution is 0.0760. The summed E-state index contributed by atoms with van der Waals surface area (Å²) < 4.78 is 10.7. The molecule has 0 aromatic heterocycles. The summed E-state index contributed by atoms with van der Waals surface area (Å²) in [5, 5.41) is -0.0252. The summed E-state index contributed by atoms with van der Waals surface area (Å²) in [6, 6.07) is 13.5. The minimum atomic E-state index is -0.0252. The lowest BCUT2D eigenvalue weighted by Gasteiger charge is -2.25. The smallest absolute Gasteiger partial charge is 0.255 e. The van der Waals surface area contributed by atoms with Crippen molar-refractivity contribution in [1.29, 1.82) is 0 Å². The third-order valence-corrected chi connectivity index (χ3v) is 5.37. The zero-order valence-corrected chi connectivity index (χ0v) is 14.9. The van der Waals surface area contributed by atoms with Gasteiger partial charge in [0.25, 0.3) is 5.91 Å². The van der Waals surface area contributed by atoms with Gasteiger partial charge < -0.3 is 14.4 Å². The predicted octanol–water partition coefficient (Wildman–Crippen LogP) is 3.90. The Morgan fingerprint density at radius 3 is 2.29 bits per heavy atom. The Labute approximate surface area is 146 Å². The van der Waals surface area contributed by atoms with Crippen molar-refractivity contribution >= 4 is 17.7 Å². The Hall–Kier alpha value is -2.14. The van der Waals surface area contributed by atoms with Crippen LogP contribution in [0, 0.1) is 6.92 Å². The zero-order chi connectivity index (χ0) is 17.1. The predicted molar refractivity (Wildman–Crippen MR) is 97.0 cm³/mol. The molecule has 0 bridgehead atoms. The molecule has 1 saturated heterocycles. The number of methoxy groups -OCH3 is 2. The fraction of sp³-hybridized carbons (Fsp3) is 0.316. The molecule has 0 radical (unpaired) electrons. The van der Waals surface area contributed by atoms with Crippen molar-refractivity contribution in [3.05, 3.63) is 59.2 Å². The van der Waals surface area contributed by atoms with Crippen LogP contribution in [0.2, 0.25) is 0 Å². The molecule has 1 fully saturated rings. The Morgan fingerprint density at radius 2 is 1.71 bits per heavy atom. The minimum absolute atomic E-state index is 0.0252. The highest BCUT2D eigenvalue weighted by molar-refractivity contribution is 7.99. The van der Waals surface area contributed by atoms with Crippen molar-refractivity contribution in [2.24, 2.45) is 0 Å². The molecule has 1 atom stereocenters. The van der Waals surface area contributed by atoms with Crippen LogP contribution in [0.25, 0.3) is 0 Å². The number of carbonyl (C=O) groups excluding carboxylic acids is 1. The zero-order valence-electron chi connectivity index (χ0n) is 14.1. The van der Waals surface area contributed by atoms with E-state index in [4.69, 9.17) is 9.47 Å². The van der Waals surface area contributed by atoms with Crippen LogP contribution < -0.4 is 9.47 Å². The minimum Gasteiger partial charge on any atom is -0.497 e. The number of ether oxygens (including phenoxy) is 2. The second-order valence-electron chi connectivity index (χ2n) is 5.73. The van der Waals surface area contributed by atoms with E-state index in [2.05, 4.69) is 0 Å². The molecule has 5 heteroatoms. The molecule has 2 aromatic carbocycles. The maximum atomic E-state index is 12.9. The molecule has 1 amide bonds. The first-order valence-corrected chi connectivity index (χ1v) is 8.89. The van der Waals surface area contributed by atoms with Gasteiger partial charge in [-0.1, -0.05) is 17.7 Å². The third kappa shape index (κ3) is 3.36. The van der Waals surface area contributed by atoms with E-state index in [1.165, 1.54) is 0 Å². The molecule has 1 unspecified atom stereocenters. The SMILES string of the molecule is COc1cc(OC)cc(C2SCCN2C(=O)c2ccc(C)cc2)c1. The van der Waals surface area contributed by atoms with Crippen LogP contribution in [-0.2, 0) is 0 Å². The average molecular weight is 343 g/mol. The van der Waals surface area contributed by atoms with Gasteiger partial charge in [-0.15, -0.1) is 11.8 Å². The van der Waals surface area contributed by atoms with E-state index in [1.807, 2.05) is 54.3 Å². The van der Waals surface area contributed by atoms with Crippen molar-refractivity contribution in [2.75, 3.05) is 26.5 Å². The molecule has 24 heavy (non-hydrogen) atoms. The highest BCUT2D eigenvalue weighted by Crippen LogP contribution is 2.41. The molecule has 3 rings (SSSR count). The van der Waals surface area contributed by atoms with Gasteiger partial charge in [-0.2, -0.15) is 0 Å². The molecule has 1 aliphatic heterocycles. The van der Waals surface area contributed by atoms with Gasteiger partial charge in [0.2, 0.25) is 0 Å². The molecule has 0 aliphatic carbocycles. The number of thioether (sulfide) groups is 1. The largest absolute Gasteiger partial charge is 0.497 e. The van der Waals surface area contributed by atoms with Gasteiger partial charge in [-0.3, -0.25) is 4.79 Å².